The van der Waals surface area contributed by atoms with Crippen molar-refractivity contribution in [2.75, 3.05) is 6.61 Å². The van der Waals surface area contributed by atoms with Gasteiger partial charge in [-0.15, -0.1) is 0 Å². The lowest BCUT2D eigenvalue weighted by atomic mass is 9.94. The van der Waals surface area contributed by atoms with Crippen molar-refractivity contribution in [3.05, 3.63) is 34.1 Å². The van der Waals surface area contributed by atoms with E-state index in [0.717, 1.165) is 0 Å². The molecule has 1 unspecified atom stereocenters. The summed E-state index contributed by atoms with van der Waals surface area (Å²) < 4.78 is 19.5. The summed E-state index contributed by atoms with van der Waals surface area (Å²) in [6.45, 7) is 5.79. The zero-order valence-corrected chi connectivity index (χ0v) is 11.2. The molecule has 0 spiro atoms. The molecule has 0 saturated carbocycles. The minimum Gasteiger partial charge on any atom is -0.385 e. The van der Waals surface area contributed by atoms with Gasteiger partial charge < -0.3 is 9.84 Å². The summed E-state index contributed by atoms with van der Waals surface area (Å²) >= 11 is 3.09. The Labute approximate surface area is 104 Å². The Morgan fingerprint density at radius 1 is 1.50 bits per heavy atom. The van der Waals surface area contributed by atoms with E-state index in [4.69, 9.17) is 4.74 Å². The van der Waals surface area contributed by atoms with Crippen molar-refractivity contribution < 1.29 is 14.2 Å². The van der Waals surface area contributed by atoms with Gasteiger partial charge in [-0.25, -0.2) is 4.39 Å². The SMILES string of the molecule is CCOC(C)(C)C(O)c1cccc(Br)c1F. The van der Waals surface area contributed by atoms with E-state index < -0.39 is 17.5 Å². The van der Waals surface area contributed by atoms with E-state index in [1.807, 2.05) is 6.92 Å². The van der Waals surface area contributed by atoms with Crippen LogP contribution in [0.4, 0.5) is 4.39 Å². The molecular weight excluding hydrogens is 275 g/mol. The molecule has 90 valence electrons. The van der Waals surface area contributed by atoms with Gasteiger partial charge in [0, 0.05) is 12.2 Å². The van der Waals surface area contributed by atoms with Crippen LogP contribution in [-0.2, 0) is 4.74 Å². The molecule has 1 rings (SSSR count). The quantitative estimate of drug-likeness (QED) is 0.921. The normalized spacial score (nSPS) is 13.9. The lowest BCUT2D eigenvalue weighted by molar-refractivity contribution is -0.0994. The van der Waals surface area contributed by atoms with Gasteiger partial charge in [-0.05, 0) is 42.8 Å². The highest BCUT2D eigenvalue weighted by atomic mass is 79.9. The zero-order valence-electron chi connectivity index (χ0n) is 9.63. The average molecular weight is 291 g/mol. The third-order valence-electron chi connectivity index (χ3n) is 2.45. The van der Waals surface area contributed by atoms with Gasteiger partial charge in [-0.3, -0.25) is 0 Å². The van der Waals surface area contributed by atoms with Crippen LogP contribution in [0.5, 0.6) is 0 Å². The molecule has 0 amide bonds. The van der Waals surface area contributed by atoms with Gasteiger partial charge in [0.05, 0.1) is 10.1 Å². The van der Waals surface area contributed by atoms with Crippen molar-refractivity contribution in [2.24, 2.45) is 0 Å². The van der Waals surface area contributed by atoms with Crippen molar-refractivity contribution in [1.82, 2.24) is 0 Å². The van der Waals surface area contributed by atoms with Crippen molar-refractivity contribution in [2.45, 2.75) is 32.5 Å². The van der Waals surface area contributed by atoms with E-state index in [1.165, 1.54) is 0 Å². The number of rotatable bonds is 4. The Morgan fingerprint density at radius 3 is 2.69 bits per heavy atom. The molecule has 0 aliphatic carbocycles. The van der Waals surface area contributed by atoms with Gasteiger partial charge in [0.2, 0.25) is 0 Å². The van der Waals surface area contributed by atoms with Gasteiger partial charge in [0.25, 0.3) is 0 Å². The predicted molar refractivity (Wildman–Crippen MR) is 64.8 cm³/mol. The van der Waals surface area contributed by atoms with Crippen LogP contribution in [0.25, 0.3) is 0 Å². The van der Waals surface area contributed by atoms with Crippen molar-refractivity contribution >= 4 is 15.9 Å². The Bertz CT molecular complexity index is 366. The number of aliphatic hydroxyl groups is 1. The second-order valence-corrected chi connectivity index (χ2v) is 4.94. The molecule has 0 heterocycles. The highest BCUT2D eigenvalue weighted by Gasteiger charge is 2.31. The molecule has 0 fully saturated rings. The minimum atomic E-state index is -0.995. The van der Waals surface area contributed by atoms with E-state index in [-0.39, 0.29) is 5.56 Å². The molecule has 4 heteroatoms. The lowest BCUT2D eigenvalue weighted by Crippen LogP contribution is -2.33. The molecule has 16 heavy (non-hydrogen) atoms. The molecule has 0 aromatic heterocycles. The van der Waals surface area contributed by atoms with Gasteiger partial charge in [-0.1, -0.05) is 12.1 Å². The highest BCUT2D eigenvalue weighted by molar-refractivity contribution is 9.10. The van der Waals surface area contributed by atoms with Crippen LogP contribution in [0.1, 0.15) is 32.4 Å². The van der Waals surface area contributed by atoms with E-state index in [9.17, 15) is 9.50 Å². The van der Waals surface area contributed by atoms with Crippen LogP contribution in [0.15, 0.2) is 22.7 Å². The summed E-state index contributed by atoms with van der Waals surface area (Å²) in [5.41, 5.74) is -0.566. The maximum Gasteiger partial charge on any atom is 0.143 e. The largest absolute Gasteiger partial charge is 0.385 e. The zero-order chi connectivity index (χ0) is 12.3. The molecule has 1 atom stereocenters. The first-order valence-corrected chi connectivity index (χ1v) is 5.95. The van der Waals surface area contributed by atoms with Crippen LogP contribution in [-0.4, -0.2) is 17.3 Å². The first kappa shape index (κ1) is 13.6. The van der Waals surface area contributed by atoms with E-state index in [2.05, 4.69) is 15.9 Å². The molecule has 1 N–H and O–H groups in total. The van der Waals surface area contributed by atoms with Crippen LogP contribution in [0.3, 0.4) is 0 Å². The standard InChI is InChI=1S/C12H16BrFO2/c1-4-16-12(2,3)11(15)8-6-5-7-9(13)10(8)14/h5-7,11,15H,4H2,1-3H3. The number of halogens is 2. The molecule has 0 aliphatic heterocycles. The average Bonchev–Trinajstić information content (AvgIpc) is 2.21. The van der Waals surface area contributed by atoms with Crippen LogP contribution < -0.4 is 0 Å². The van der Waals surface area contributed by atoms with Crippen molar-refractivity contribution in [1.29, 1.82) is 0 Å². The van der Waals surface area contributed by atoms with E-state index in [1.54, 1.807) is 32.0 Å². The summed E-state index contributed by atoms with van der Waals surface area (Å²) in [6, 6.07) is 4.85. The van der Waals surface area contributed by atoms with Crippen molar-refractivity contribution in [3.8, 4) is 0 Å². The number of ether oxygens (including phenoxy) is 1. The maximum absolute atomic E-state index is 13.8. The third-order valence-corrected chi connectivity index (χ3v) is 3.06. The number of aliphatic hydroxyl groups excluding tert-OH is 1. The molecule has 0 bridgehead atoms. The topological polar surface area (TPSA) is 29.5 Å². The first-order chi connectivity index (χ1) is 7.40. The lowest BCUT2D eigenvalue weighted by Gasteiger charge is -2.30. The fourth-order valence-corrected chi connectivity index (χ4v) is 1.94. The van der Waals surface area contributed by atoms with Gasteiger partial charge in [0.1, 0.15) is 11.9 Å². The fraction of sp³-hybridized carbons (Fsp3) is 0.500. The third kappa shape index (κ3) is 2.81. The monoisotopic (exact) mass is 290 g/mol. The Balaban J connectivity index is 3.04. The van der Waals surface area contributed by atoms with Crippen LogP contribution in [0, 0.1) is 5.82 Å². The second-order valence-electron chi connectivity index (χ2n) is 4.08. The second kappa shape index (κ2) is 5.25. The summed E-state index contributed by atoms with van der Waals surface area (Å²) in [6.07, 6.45) is -0.995. The molecule has 0 saturated heterocycles. The van der Waals surface area contributed by atoms with E-state index in [0.29, 0.717) is 11.1 Å². The van der Waals surface area contributed by atoms with Crippen LogP contribution >= 0.6 is 15.9 Å². The predicted octanol–water partition coefficient (Wildman–Crippen LogP) is 3.44. The van der Waals surface area contributed by atoms with Gasteiger partial charge in [0.15, 0.2) is 0 Å². The summed E-state index contributed by atoms with van der Waals surface area (Å²) in [4.78, 5) is 0. The first-order valence-electron chi connectivity index (χ1n) is 5.16. The molecule has 0 aliphatic rings. The minimum absolute atomic E-state index is 0.243. The summed E-state index contributed by atoms with van der Waals surface area (Å²) in [5.74, 6) is -0.442. The number of hydrogen-bond donors (Lipinski definition) is 1. The Hall–Kier alpha value is -0.450. The van der Waals surface area contributed by atoms with E-state index >= 15 is 0 Å². The maximum atomic E-state index is 13.8. The smallest absolute Gasteiger partial charge is 0.143 e. The molecule has 2 nitrogen and oxygen atoms in total. The molecule has 1 aromatic carbocycles. The highest BCUT2D eigenvalue weighted by Crippen LogP contribution is 2.32. The molecular formula is C12H16BrFO2. The molecule has 0 radical (unpaired) electrons. The fourth-order valence-electron chi connectivity index (χ4n) is 1.56. The Kier molecular flexibility index (Phi) is 4.47. The van der Waals surface area contributed by atoms with Gasteiger partial charge in [-0.2, -0.15) is 0 Å². The summed E-state index contributed by atoms with van der Waals surface area (Å²) in [5, 5.41) is 10.1. The number of benzene rings is 1. The Morgan fingerprint density at radius 2 is 2.12 bits per heavy atom. The van der Waals surface area contributed by atoms with Crippen LogP contribution in [0.2, 0.25) is 0 Å². The summed E-state index contributed by atoms with van der Waals surface area (Å²) in [7, 11) is 0. The van der Waals surface area contributed by atoms with Crippen molar-refractivity contribution in [3.63, 3.8) is 0 Å². The van der Waals surface area contributed by atoms with Gasteiger partial charge >= 0.3 is 0 Å². The number of hydrogen-bond acceptors (Lipinski definition) is 2. The molecule has 1 aromatic rings.